The van der Waals surface area contributed by atoms with Gasteiger partial charge in [0.1, 0.15) is 5.69 Å². The van der Waals surface area contributed by atoms with Crippen LogP contribution in [0.2, 0.25) is 10.0 Å². The van der Waals surface area contributed by atoms with Crippen LogP contribution in [0.25, 0.3) is 0 Å². The highest BCUT2D eigenvalue weighted by molar-refractivity contribution is 9.11. The predicted molar refractivity (Wildman–Crippen MR) is 119 cm³/mol. The molecule has 2 aromatic rings. The van der Waals surface area contributed by atoms with E-state index in [9.17, 15) is 24.3 Å². The number of carboxylic acids is 1. The standard InChI is InChI=1S/C18H12Br2Cl2N2O6/c1-6(25)23-13-5-10(19)11(21)3-8(13)18(29)30-16-14(20)12(22)4-9(17(27)28)15(16)24-7(2)26/h3-5H,1-2H3,(H,23,25)(H,24,26)(H,27,28). The molecule has 0 radical (unpaired) electrons. The molecule has 0 aliphatic heterocycles. The zero-order valence-electron chi connectivity index (χ0n) is 15.2. The van der Waals surface area contributed by atoms with Gasteiger partial charge in [0.05, 0.1) is 31.3 Å². The molecule has 158 valence electrons. The molecule has 3 N–H and O–H groups in total. The van der Waals surface area contributed by atoms with Gasteiger partial charge in [0.2, 0.25) is 11.8 Å². The molecule has 0 aliphatic carbocycles. The van der Waals surface area contributed by atoms with E-state index in [0.717, 1.165) is 13.0 Å². The Bertz CT molecular complexity index is 1090. The lowest BCUT2D eigenvalue weighted by Crippen LogP contribution is -2.18. The van der Waals surface area contributed by atoms with Crippen LogP contribution in [0.15, 0.2) is 27.1 Å². The SMILES string of the molecule is CC(=O)Nc1cc(Br)c(Cl)cc1C(=O)Oc1c(Br)c(Cl)cc(C(=O)O)c1NC(C)=O. The van der Waals surface area contributed by atoms with E-state index in [4.69, 9.17) is 27.9 Å². The van der Waals surface area contributed by atoms with Crippen LogP contribution in [-0.2, 0) is 9.59 Å². The molecule has 0 saturated heterocycles. The van der Waals surface area contributed by atoms with Gasteiger partial charge < -0.3 is 20.5 Å². The Labute approximate surface area is 197 Å². The lowest BCUT2D eigenvalue weighted by molar-refractivity contribution is -0.115. The number of halogens is 4. The van der Waals surface area contributed by atoms with Gasteiger partial charge in [-0.3, -0.25) is 9.59 Å². The Morgan fingerprint density at radius 3 is 2.03 bits per heavy atom. The number of carbonyl (C=O) groups excluding carboxylic acids is 3. The summed E-state index contributed by atoms with van der Waals surface area (Å²) in [4.78, 5) is 47.6. The van der Waals surface area contributed by atoms with Crippen molar-refractivity contribution >= 4 is 90.2 Å². The van der Waals surface area contributed by atoms with Gasteiger partial charge in [-0.25, -0.2) is 9.59 Å². The first-order valence-electron chi connectivity index (χ1n) is 7.94. The minimum atomic E-state index is -1.41. The van der Waals surface area contributed by atoms with Crippen LogP contribution in [-0.4, -0.2) is 28.9 Å². The van der Waals surface area contributed by atoms with Crippen LogP contribution in [0.5, 0.6) is 5.75 Å². The fourth-order valence-electron chi connectivity index (χ4n) is 2.32. The Balaban J connectivity index is 2.64. The minimum absolute atomic E-state index is 0.0375. The van der Waals surface area contributed by atoms with Gasteiger partial charge in [-0.05, 0) is 50.1 Å². The molecule has 2 amide bonds. The van der Waals surface area contributed by atoms with Gasteiger partial charge >= 0.3 is 11.9 Å². The molecular weight excluding hydrogens is 571 g/mol. The predicted octanol–water partition coefficient (Wildman–Crippen LogP) is 5.35. The van der Waals surface area contributed by atoms with E-state index in [0.29, 0.717) is 4.47 Å². The van der Waals surface area contributed by atoms with Crippen molar-refractivity contribution < 1.29 is 29.0 Å². The first-order chi connectivity index (χ1) is 13.9. The Kier molecular flexibility index (Phi) is 7.87. The lowest BCUT2D eigenvalue weighted by Gasteiger charge is -2.17. The molecular formula is C18H12Br2Cl2N2O6. The molecule has 8 nitrogen and oxygen atoms in total. The number of carboxylic acid groups (broad SMARTS) is 1. The van der Waals surface area contributed by atoms with E-state index in [1.54, 1.807) is 0 Å². The summed E-state index contributed by atoms with van der Waals surface area (Å²) in [6, 6.07) is 3.76. The van der Waals surface area contributed by atoms with E-state index >= 15 is 0 Å². The summed E-state index contributed by atoms with van der Waals surface area (Å²) in [6.07, 6.45) is 0. The van der Waals surface area contributed by atoms with E-state index in [1.165, 1.54) is 19.1 Å². The largest absolute Gasteiger partial charge is 0.478 e. The zero-order valence-corrected chi connectivity index (χ0v) is 19.9. The second-order valence-electron chi connectivity index (χ2n) is 5.79. The number of esters is 1. The monoisotopic (exact) mass is 580 g/mol. The molecule has 0 aliphatic rings. The number of carbonyl (C=O) groups is 4. The van der Waals surface area contributed by atoms with Crippen molar-refractivity contribution in [2.75, 3.05) is 10.6 Å². The topological polar surface area (TPSA) is 122 Å². The third-order valence-electron chi connectivity index (χ3n) is 3.49. The fraction of sp³-hybridized carbons (Fsp3) is 0.111. The number of hydrogen-bond donors (Lipinski definition) is 3. The summed E-state index contributed by atoms with van der Waals surface area (Å²) < 4.78 is 5.83. The molecule has 0 unspecified atom stereocenters. The molecule has 0 spiro atoms. The quantitative estimate of drug-likeness (QED) is 0.323. The summed E-state index contributed by atoms with van der Waals surface area (Å²) in [7, 11) is 0. The molecule has 30 heavy (non-hydrogen) atoms. The maximum Gasteiger partial charge on any atom is 0.345 e. The molecule has 2 aromatic carbocycles. The first-order valence-corrected chi connectivity index (χ1v) is 10.3. The Morgan fingerprint density at radius 1 is 0.933 bits per heavy atom. The van der Waals surface area contributed by atoms with E-state index in [2.05, 4.69) is 42.5 Å². The summed E-state index contributed by atoms with van der Waals surface area (Å²) in [5.41, 5.74) is -0.682. The highest BCUT2D eigenvalue weighted by Crippen LogP contribution is 2.42. The number of ether oxygens (including phenoxy) is 1. The van der Waals surface area contributed by atoms with E-state index < -0.39 is 29.3 Å². The van der Waals surface area contributed by atoms with Crippen LogP contribution in [0.1, 0.15) is 34.6 Å². The van der Waals surface area contributed by atoms with Crippen molar-refractivity contribution in [3.05, 3.63) is 48.3 Å². The Morgan fingerprint density at radius 2 is 1.50 bits per heavy atom. The molecule has 0 saturated carbocycles. The average molecular weight is 583 g/mol. The maximum absolute atomic E-state index is 12.9. The van der Waals surface area contributed by atoms with Gasteiger partial charge in [0.25, 0.3) is 0 Å². The van der Waals surface area contributed by atoms with Crippen molar-refractivity contribution in [3.8, 4) is 5.75 Å². The number of nitrogens with one attached hydrogen (secondary N) is 2. The van der Waals surface area contributed by atoms with Gasteiger partial charge in [-0.1, -0.05) is 23.2 Å². The number of benzene rings is 2. The first kappa shape index (κ1) is 24.1. The number of hydrogen-bond acceptors (Lipinski definition) is 5. The second kappa shape index (κ2) is 9.78. The summed E-state index contributed by atoms with van der Waals surface area (Å²) in [6.45, 7) is 2.41. The van der Waals surface area contributed by atoms with Crippen molar-refractivity contribution in [3.63, 3.8) is 0 Å². The van der Waals surface area contributed by atoms with Crippen molar-refractivity contribution in [1.82, 2.24) is 0 Å². The van der Waals surface area contributed by atoms with Gasteiger partial charge in [0.15, 0.2) is 5.75 Å². The number of anilines is 2. The normalized spacial score (nSPS) is 10.3. The second-order valence-corrected chi connectivity index (χ2v) is 8.25. The van der Waals surface area contributed by atoms with Crippen LogP contribution < -0.4 is 15.4 Å². The Hall–Kier alpha value is -2.14. The summed E-state index contributed by atoms with van der Waals surface area (Å²) in [5, 5.41) is 14.3. The number of aromatic carboxylic acids is 1. The highest BCUT2D eigenvalue weighted by Gasteiger charge is 2.26. The van der Waals surface area contributed by atoms with Gasteiger partial charge in [-0.15, -0.1) is 0 Å². The van der Waals surface area contributed by atoms with Gasteiger partial charge in [-0.2, -0.15) is 0 Å². The highest BCUT2D eigenvalue weighted by atomic mass is 79.9. The van der Waals surface area contributed by atoms with Crippen LogP contribution >= 0.6 is 55.1 Å². The van der Waals surface area contributed by atoms with Crippen LogP contribution in [0.3, 0.4) is 0 Å². The lowest BCUT2D eigenvalue weighted by atomic mass is 10.1. The van der Waals surface area contributed by atoms with E-state index in [1.807, 2.05) is 0 Å². The molecule has 0 bridgehead atoms. The van der Waals surface area contributed by atoms with Crippen LogP contribution in [0.4, 0.5) is 11.4 Å². The van der Waals surface area contributed by atoms with E-state index in [-0.39, 0.29) is 37.2 Å². The van der Waals surface area contributed by atoms with Crippen molar-refractivity contribution in [2.24, 2.45) is 0 Å². The minimum Gasteiger partial charge on any atom is -0.478 e. The van der Waals surface area contributed by atoms with Crippen LogP contribution in [0, 0.1) is 0 Å². The third-order valence-corrected chi connectivity index (χ3v) is 6.00. The zero-order chi connectivity index (χ0) is 22.7. The molecule has 0 atom stereocenters. The number of rotatable bonds is 5. The third kappa shape index (κ3) is 5.51. The summed E-state index contributed by atoms with van der Waals surface area (Å²) in [5.74, 6) is -3.77. The smallest absolute Gasteiger partial charge is 0.345 e. The number of amides is 2. The summed E-state index contributed by atoms with van der Waals surface area (Å²) >= 11 is 18.4. The fourth-order valence-corrected chi connectivity index (χ4v) is 3.42. The van der Waals surface area contributed by atoms with Gasteiger partial charge in [0, 0.05) is 18.3 Å². The molecule has 0 aromatic heterocycles. The average Bonchev–Trinajstić information content (AvgIpc) is 2.62. The molecule has 12 heteroatoms. The molecule has 0 fully saturated rings. The molecule has 2 rings (SSSR count). The van der Waals surface area contributed by atoms with Crippen molar-refractivity contribution in [2.45, 2.75) is 13.8 Å². The molecule has 0 heterocycles. The van der Waals surface area contributed by atoms with Crippen molar-refractivity contribution in [1.29, 1.82) is 0 Å². The maximum atomic E-state index is 12.9.